The molecule has 0 heterocycles. The van der Waals surface area contributed by atoms with E-state index in [1.54, 1.807) is 0 Å². The molecule has 0 radical (unpaired) electrons. The molecule has 0 bridgehead atoms. The van der Waals surface area contributed by atoms with E-state index < -0.39 is 30.0 Å². The van der Waals surface area contributed by atoms with E-state index in [-0.39, 0.29) is 24.0 Å². The van der Waals surface area contributed by atoms with Gasteiger partial charge in [-0.3, -0.25) is 4.79 Å². The lowest BCUT2D eigenvalue weighted by Gasteiger charge is -2.20. The average Bonchev–Trinajstić information content (AvgIpc) is 3.17. The molecule has 3 nitrogen and oxygen atoms in total. The Morgan fingerprint density at radius 2 is 2.05 bits per heavy atom. The maximum atomic E-state index is 13.6. The predicted octanol–water partition coefficient (Wildman–Crippen LogP) is 1.99. The van der Waals surface area contributed by atoms with E-state index in [1.807, 2.05) is 5.32 Å². The predicted molar refractivity (Wildman–Crippen MR) is 65.9 cm³/mol. The van der Waals surface area contributed by atoms with Gasteiger partial charge in [-0.2, -0.15) is 13.2 Å². The van der Waals surface area contributed by atoms with E-state index in [0.29, 0.717) is 0 Å². The number of aliphatic hydroxyl groups excluding tert-OH is 1. The van der Waals surface area contributed by atoms with Gasteiger partial charge in [-0.1, -0.05) is 11.8 Å². The number of hydrogen-bond donors (Lipinski definition) is 2. The summed E-state index contributed by atoms with van der Waals surface area (Å²) in [6.45, 7) is -0.449. The summed E-state index contributed by atoms with van der Waals surface area (Å²) < 4.78 is 51.8. The van der Waals surface area contributed by atoms with Crippen LogP contribution in [0.4, 0.5) is 17.6 Å². The van der Waals surface area contributed by atoms with Crippen molar-refractivity contribution in [3.63, 3.8) is 0 Å². The number of nitrogens with one attached hydrogen (secondary N) is 1. The monoisotopic (exact) mass is 301 g/mol. The zero-order chi connectivity index (χ0) is 15.7. The molecule has 1 aliphatic rings. The fourth-order valence-corrected chi connectivity index (χ4v) is 1.79. The van der Waals surface area contributed by atoms with Crippen LogP contribution >= 0.6 is 0 Å². The average molecular weight is 301 g/mol. The molecule has 1 aromatic rings. The van der Waals surface area contributed by atoms with Gasteiger partial charge in [0, 0.05) is 5.56 Å². The molecular formula is C14H11F4NO2. The van der Waals surface area contributed by atoms with Crippen LogP contribution in [0, 0.1) is 17.7 Å². The number of aliphatic hydroxyl groups is 1. The first-order valence-corrected chi connectivity index (χ1v) is 6.07. The second-order valence-electron chi connectivity index (χ2n) is 4.69. The fourth-order valence-electron chi connectivity index (χ4n) is 1.79. The summed E-state index contributed by atoms with van der Waals surface area (Å²) in [5, 5.41) is 10.4. The van der Waals surface area contributed by atoms with Gasteiger partial charge in [-0.15, -0.1) is 0 Å². The number of benzene rings is 1. The largest absolute Gasteiger partial charge is 0.411 e. The Bertz CT molecular complexity index is 624. The van der Waals surface area contributed by atoms with Crippen molar-refractivity contribution < 1.29 is 27.5 Å². The lowest BCUT2D eigenvalue weighted by molar-refractivity contribution is -0.163. The molecule has 0 atom stereocenters. The lowest BCUT2D eigenvalue weighted by Crippen LogP contribution is -2.47. The third kappa shape index (κ3) is 3.16. The number of carbonyl (C=O) groups excluding carboxylic acids is 1. The molecule has 21 heavy (non-hydrogen) atoms. The SMILES string of the molecule is O=C(NC1(C(F)(F)F)CC1)c1ccc(C#CCO)c(F)c1. The van der Waals surface area contributed by atoms with Gasteiger partial charge in [-0.25, -0.2) is 4.39 Å². The molecule has 1 amide bonds. The summed E-state index contributed by atoms with van der Waals surface area (Å²) in [6.07, 6.45) is -4.87. The molecule has 7 heteroatoms. The van der Waals surface area contributed by atoms with E-state index in [9.17, 15) is 22.4 Å². The van der Waals surface area contributed by atoms with Crippen molar-refractivity contribution in [1.82, 2.24) is 5.32 Å². The number of amides is 1. The van der Waals surface area contributed by atoms with Gasteiger partial charge >= 0.3 is 6.18 Å². The number of halogens is 4. The maximum absolute atomic E-state index is 13.6. The van der Waals surface area contributed by atoms with Crippen molar-refractivity contribution in [3.05, 3.63) is 35.1 Å². The summed E-state index contributed by atoms with van der Waals surface area (Å²) in [7, 11) is 0. The summed E-state index contributed by atoms with van der Waals surface area (Å²) in [5.74, 6) is 2.75. The number of hydrogen-bond acceptors (Lipinski definition) is 2. The zero-order valence-corrected chi connectivity index (χ0v) is 10.7. The topological polar surface area (TPSA) is 49.3 Å². The number of carbonyl (C=O) groups is 1. The van der Waals surface area contributed by atoms with E-state index in [2.05, 4.69) is 11.8 Å². The van der Waals surface area contributed by atoms with E-state index in [0.717, 1.165) is 6.07 Å². The molecule has 2 rings (SSSR count). The molecule has 0 spiro atoms. The Balaban J connectivity index is 2.16. The molecule has 1 aromatic carbocycles. The number of alkyl halides is 3. The molecule has 2 N–H and O–H groups in total. The summed E-state index contributed by atoms with van der Waals surface area (Å²) >= 11 is 0. The standard InChI is InChI=1S/C14H11F4NO2/c15-11-8-10(4-3-9(11)2-1-7-20)12(21)19-13(5-6-13)14(16,17)18/h3-4,8,20H,5-7H2,(H,19,21). The molecule has 1 saturated carbocycles. The molecule has 112 valence electrons. The summed E-state index contributed by atoms with van der Waals surface area (Å²) in [5.41, 5.74) is -2.44. The van der Waals surface area contributed by atoms with Gasteiger partial charge in [0.25, 0.3) is 5.91 Å². The van der Waals surface area contributed by atoms with Crippen LogP contribution in [0.5, 0.6) is 0 Å². The Labute approximate surface area is 118 Å². The quantitative estimate of drug-likeness (QED) is 0.648. The molecule has 0 aromatic heterocycles. The Kier molecular flexibility index (Phi) is 3.92. The maximum Gasteiger partial charge on any atom is 0.411 e. The van der Waals surface area contributed by atoms with Crippen LogP contribution in [0.1, 0.15) is 28.8 Å². The lowest BCUT2D eigenvalue weighted by atomic mass is 10.1. The van der Waals surface area contributed by atoms with E-state index >= 15 is 0 Å². The van der Waals surface area contributed by atoms with Crippen molar-refractivity contribution in [1.29, 1.82) is 0 Å². The van der Waals surface area contributed by atoms with Crippen LogP contribution in [0.2, 0.25) is 0 Å². The normalized spacial score (nSPS) is 15.9. The molecule has 1 aliphatic carbocycles. The highest BCUT2D eigenvalue weighted by molar-refractivity contribution is 5.95. The van der Waals surface area contributed by atoms with Crippen LogP contribution in [0.25, 0.3) is 0 Å². The second kappa shape index (κ2) is 5.37. The van der Waals surface area contributed by atoms with Gasteiger partial charge in [-0.05, 0) is 31.0 Å². The first-order chi connectivity index (χ1) is 9.79. The Hall–Kier alpha value is -2.07. The summed E-state index contributed by atoms with van der Waals surface area (Å²) in [4.78, 5) is 11.8. The van der Waals surface area contributed by atoms with Crippen molar-refractivity contribution in [2.75, 3.05) is 6.61 Å². The van der Waals surface area contributed by atoms with Crippen molar-refractivity contribution in [2.24, 2.45) is 0 Å². The minimum Gasteiger partial charge on any atom is -0.384 e. The molecule has 0 saturated heterocycles. The van der Waals surface area contributed by atoms with Crippen molar-refractivity contribution >= 4 is 5.91 Å². The fraction of sp³-hybridized carbons (Fsp3) is 0.357. The van der Waals surface area contributed by atoms with Crippen molar-refractivity contribution in [2.45, 2.75) is 24.6 Å². The van der Waals surface area contributed by atoms with Crippen LogP contribution in [-0.2, 0) is 0 Å². The first kappa shape index (κ1) is 15.3. The Morgan fingerprint density at radius 1 is 1.38 bits per heavy atom. The van der Waals surface area contributed by atoms with Crippen LogP contribution in [0.3, 0.4) is 0 Å². The minimum atomic E-state index is -4.52. The molecule has 0 aliphatic heterocycles. The van der Waals surface area contributed by atoms with Crippen LogP contribution in [0.15, 0.2) is 18.2 Å². The minimum absolute atomic E-state index is 0.0439. The highest BCUT2D eigenvalue weighted by atomic mass is 19.4. The highest BCUT2D eigenvalue weighted by Crippen LogP contribution is 2.49. The van der Waals surface area contributed by atoms with Gasteiger partial charge < -0.3 is 10.4 Å². The van der Waals surface area contributed by atoms with Gasteiger partial charge in [0.1, 0.15) is 18.0 Å². The van der Waals surface area contributed by atoms with Gasteiger partial charge in [0.15, 0.2) is 0 Å². The molecule has 0 unspecified atom stereocenters. The van der Waals surface area contributed by atoms with Gasteiger partial charge in [0.05, 0.1) is 5.56 Å². The highest BCUT2D eigenvalue weighted by Gasteiger charge is 2.64. The first-order valence-electron chi connectivity index (χ1n) is 6.07. The Morgan fingerprint density at radius 3 is 2.52 bits per heavy atom. The number of rotatable bonds is 2. The van der Waals surface area contributed by atoms with E-state index in [1.165, 1.54) is 12.1 Å². The zero-order valence-electron chi connectivity index (χ0n) is 10.7. The van der Waals surface area contributed by atoms with Crippen LogP contribution in [-0.4, -0.2) is 29.3 Å². The third-order valence-corrected chi connectivity index (χ3v) is 3.18. The molecular weight excluding hydrogens is 290 g/mol. The summed E-state index contributed by atoms with van der Waals surface area (Å²) in [6, 6.07) is 3.19. The second-order valence-corrected chi connectivity index (χ2v) is 4.69. The van der Waals surface area contributed by atoms with Crippen molar-refractivity contribution in [3.8, 4) is 11.8 Å². The smallest absolute Gasteiger partial charge is 0.384 e. The molecule has 1 fully saturated rings. The van der Waals surface area contributed by atoms with E-state index in [4.69, 9.17) is 5.11 Å². The van der Waals surface area contributed by atoms with Crippen LogP contribution < -0.4 is 5.32 Å². The van der Waals surface area contributed by atoms with Gasteiger partial charge in [0.2, 0.25) is 0 Å². The third-order valence-electron chi connectivity index (χ3n) is 3.18.